The van der Waals surface area contributed by atoms with Gasteiger partial charge in [0.25, 0.3) is 0 Å². The van der Waals surface area contributed by atoms with Crippen LogP contribution in [0.5, 0.6) is 0 Å². The second-order valence-electron chi connectivity index (χ2n) is 6.49. The summed E-state index contributed by atoms with van der Waals surface area (Å²) in [6, 6.07) is 0.673. The van der Waals surface area contributed by atoms with Gasteiger partial charge >= 0.3 is 0 Å². The van der Waals surface area contributed by atoms with Crippen molar-refractivity contribution < 1.29 is 9.47 Å². The van der Waals surface area contributed by atoms with Crippen molar-refractivity contribution in [2.24, 2.45) is 17.6 Å². The number of ether oxygens (including phenoxy) is 2. The molecule has 4 heteroatoms. The van der Waals surface area contributed by atoms with Gasteiger partial charge in [-0.05, 0) is 31.7 Å². The maximum absolute atomic E-state index is 6.31. The van der Waals surface area contributed by atoms with E-state index < -0.39 is 0 Å². The molecule has 2 saturated carbocycles. The Labute approximate surface area is 110 Å². The highest BCUT2D eigenvalue weighted by Gasteiger charge is 2.46. The molecule has 1 saturated heterocycles. The van der Waals surface area contributed by atoms with Crippen molar-refractivity contribution in [2.75, 3.05) is 26.8 Å². The van der Waals surface area contributed by atoms with Crippen LogP contribution in [-0.4, -0.2) is 49.6 Å². The molecule has 0 bridgehead atoms. The lowest BCUT2D eigenvalue weighted by atomic mass is 9.85. The smallest absolute Gasteiger partial charge is 0.170 e. The molecule has 4 unspecified atom stereocenters. The molecule has 104 valence electrons. The van der Waals surface area contributed by atoms with Crippen LogP contribution in [-0.2, 0) is 9.47 Å². The van der Waals surface area contributed by atoms with Gasteiger partial charge in [0.05, 0.1) is 13.2 Å². The minimum Gasteiger partial charge on any atom is -0.347 e. The van der Waals surface area contributed by atoms with Gasteiger partial charge in [0.1, 0.15) is 0 Å². The topological polar surface area (TPSA) is 47.7 Å². The molecule has 0 amide bonds. The van der Waals surface area contributed by atoms with Crippen LogP contribution in [0.1, 0.15) is 32.6 Å². The molecule has 2 aliphatic carbocycles. The van der Waals surface area contributed by atoms with E-state index in [1.54, 1.807) is 0 Å². The average Bonchev–Trinajstić information content (AvgIpc) is 2.87. The number of hydrogen-bond donors (Lipinski definition) is 1. The lowest BCUT2D eigenvalue weighted by molar-refractivity contribution is -0.191. The van der Waals surface area contributed by atoms with E-state index >= 15 is 0 Å². The first-order valence-corrected chi connectivity index (χ1v) is 7.33. The molecule has 0 aromatic rings. The fourth-order valence-corrected chi connectivity index (χ4v) is 3.55. The van der Waals surface area contributed by atoms with Crippen LogP contribution in [0.3, 0.4) is 0 Å². The van der Waals surface area contributed by atoms with Crippen molar-refractivity contribution >= 4 is 0 Å². The van der Waals surface area contributed by atoms with Crippen molar-refractivity contribution in [3.8, 4) is 0 Å². The summed E-state index contributed by atoms with van der Waals surface area (Å²) in [5, 5.41) is 0. The number of hydrogen-bond acceptors (Lipinski definition) is 4. The van der Waals surface area contributed by atoms with Crippen LogP contribution in [0.2, 0.25) is 0 Å². The molecule has 0 radical (unpaired) electrons. The first-order valence-electron chi connectivity index (χ1n) is 7.33. The summed E-state index contributed by atoms with van der Waals surface area (Å²) in [7, 11) is 2.21. The van der Waals surface area contributed by atoms with Crippen LogP contribution >= 0.6 is 0 Å². The second kappa shape index (κ2) is 4.75. The predicted molar refractivity (Wildman–Crippen MR) is 70.2 cm³/mol. The Morgan fingerprint density at radius 2 is 2.00 bits per heavy atom. The molecule has 2 N–H and O–H groups in total. The lowest BCUT2D eigenvalue weighted by Crippen LogP contribution is -2.55. The Morgan fingerprint density at radius 1 is 1.33 bits per heavy atom. The summed E-state index contributed by atoms with van der Waals surface area (Å²) in [4.78, 5) is 2.45. The number of nitrogens with zero attached hydrogens (tertiary/aromatic N) is 1. The van der Waals surface area contributed by atoms with E-state index in [1.165, 1.54) is 13.0 Å². The van der Waals surface area contributed by atoms with Crippen molar-refractivity contribution in [2.45, 2.75) is 50.5 Å². The Hall–Kier alpha value is -0.160. The molecule has 1 spiro atoms. The van der Waals surface area contributed by atoms with Gasteiger partial charge in [-0.25, -0.2) is 0 Å². The predicted octanol–water partition coefficient (Wildman–Crippen LogP) is 1.20. The van der Waals surface area contributed by atoms with Gasteiger partial charge in [0.2, 0.25) is 0 Å². The largest absolute Gasteiger partial charge is 0.347 e. The maximum Gasteiger partial charge on any atom is 0.170 e. The van der Waals surface area contributed by atoms with Crippen molar-refractivity contribution in [3.63, 3.8) is 0 Å². The van der Waals surface area contributed by atoms with Crippen LogP contribution in [0.15, 0.2) is 0 Å². The highest BCUT2D eigenvalue weighted by molar-refractivity contribution is 4.96. The summed E-state index contributed by atoms with van der Waals surface area (Å²) >= 11 is 0. The van der Waals surface area contributed by atoms with E-state index in [9.17, 15) is 0 Å². The zero-order valence-electron chi connectivity index (χ0n) is 11.6. The third-order valence-electron chi connectivity index (χ3n) is 5.05. The minimum absolute atomic E-state index is 0.266. The van der Waals surface area contributed by atoms with Gasteiger partial charge in [-0.15, -0.1) is 0 Å². The van der Waals surface area contributed by atoms with Crippen molar-refractivity contribution in [1.29, 1.82) is 0 Å². The summed E-state index contributed by atoms with van der Waals surface area (Å²) in [6.07, 6.45) is 4.28. The summed E-state index contributed by atoms with van der Waals surface area (Å²) in [5.41, 5.74) is 6.31. The highest BCUT2D eigenvalue weighted by atomic mass is 16.7. The van der Waals surface area contributed by atoms with E-state index in [-0.39, 0.29) is 11.8 Å². The van der Waals surface area contributed by atoms with Gasteiger partial charge in [-0.2, -0.15) is 0 Å². The lowest BCUT2D eigenvalue weighted by Gasteiger charge is -2.43. The molecule has 3 rings (SSSR count). The molecular weight excluding hydrogens is 228 g/mol. The fraction of sp³-hybridized carbons (Fsp3) is 1.00. The summed E-state index contributed by atoms with van der Waals surface area (Å²) < 4.78 is 11.7. The third kappa shape index (κ3) is 2.44. The molecular formula is C14H26N2O2. The molecule has 1 heterocycles. The minimum atomic E-state index is -0.316. The first kappa shape index (κ1) is 12.9. The molecule has 18 heavy (non-hydrogen) atoms. The highest BCUT2D eigenvalue weighted by Crippen LogP contribution is 2.41. The Kier molecular flexibility index (Phi) is 3.39. The standard InChI is InChI=1S/C14H26N2O2/c1-10-7-11(10)9-16(2)13-8-14(4-3-12(13)15)17-5-6-18-14/h10-13H,3-9,15H2,1-2H3. The number of likely N-dealkylation sites (N-methyl/N-ethyl adjacent to an activating group) is 1. The number of rotatable bonds is 3. The Balaban J connectivity index is 1.61. The first-order chi connectivity index (χ1) is 8.60. The molecule has 3 aliphatic rings. The molecule has 1 aliphatic heterocycles. The monoisotopic (exact) mass is 254 g/mol. The van der Waals surface area contributed by atoms with Crippen LogP contribution in [0.25, 0.3) is 0 Å². The van der Waals surface area contributed by atoms with Gasteiger partial charge in [-0.1, -0.05) is 6.92 Å². The average molecular weight is 254 g/mol. The molecule has 0 aromatic heterocycles. The number of nitrogens with two attached hydrogens (primary N) is 1. The summed E-state index contributed by atoms with van der Waals surface area (Å²) in [6.45, 7) is 5.00. The maximum atomic E-state index is 6.31. The van der Waals surface area contributed by atoms with Gasteiger partial charge in [-0.3, -0.25) is 0 Å². The SMILES string of the molecule is CC1CC1CN(C)C1CC2(CCC1N)OCCO2. The normalized spacial score (nSPS) is 42.7. The fourth-order valence-electron chi connectivity index (χ4n) is 3.55. The van der Waals surface area contributed by atoms with E-state index in [4.69, 9.17) is 15.2 Å². The Morgan fingerprint density at radius 3 is 2.61 bits per heavy atom. The zero-order chi connectivity index (χ0) is 12.8. The van der Waals surface area contributed by atoms with Crippen LogP contribution < -0.4 is 5.73 Å². The second-order valence-corrected chi connectivity index (χ2v) is 6.49. The quantitative estimate of drug-likeness (QED) is 0.822. The summed E-state index contributed by atoms with van der Waals surface area (Å²) in [5.74, 6) is 1.47. The zero-order valence-corrected chi connectivity index (χ0v) is 11.6. The third-order valence-corrected chi connectivity index (χ3v) is 5.05. The van der Waals surface area contributed by atoms with Gasteiger partial charge < -0.3 is 20.1 Å². The van der Waals surface area contributed by atoms with Crippen molar-refractivity contribution in [1.82, 2.24) is 4.90 Å². The van der Waals surface area contributed by atoms with Crippen LogP contribution in [0, 0.1) is 11.8 Å². The van der Waals surface area contributed by atoms with Crippen molar-refractivity contribution in [3.05, 3.63) is 0 Å². The van der Waals surface area contributed by atoms with Gasteiger partial charge in [0.15, 0.2) is 5.79 Å². The van der Waals surface area contributed by atoms with E-state index in [0.717, 1.165) is 44.3 Å². The van der Waals surface area contributed by atoms with Crippen LogP contribution in [0.4, 0.5) is 0 Å². The molecule has 0 aromatic carbocycles. The Bertz CT molecular complexity index is 304. The van der Waals surface area contributed by atoms with Gasteiger partial charge in [0, 0.05) is 31.5 Å². The van der Waals surface area contributed by atoms with E-state index in [1.807, 2.05) is 0 Å². The molecule has 4 nitrogen and oxygen atoms in total. The van der Waals surface area contributed by atoms with E-state index in [0.29, 0.717) is 6.04 Å². The molecule has 3 fully saturated rings. The van der Waals surface area contributed by atoms with E-state index in [2.05, 4.69) is 18.9 Å². The molecule has 4 atom stereocenters.